The van der Waals surface area contributed by atoms with Gasteiger partial charge in [0.15, 0.2) is 5.82 Å². The molecule has 0 aliphatic heterocycles. The average Bonchev–Trinajstić information content (AvgIpc) is 3.08. The third-order valence-corrected chi connectivity index (χ3v) is 4.09. The van der Waals surface area contributed by atoms with Crippen molar-refractivity contribution in [2.45, 2.75) is 19.6 Å². The van der Waals surface area contributed by atoms with Crippen LogP contribution in [0, 0.1) is 10.1 Å². The van der Waals surface area contributed by atoms with Crippen LogP contribution in [0.3, 0.4) is 0 Å². The van der Waals surface area contributed by atoms with Crippen molar-refractivity contribution in [3.8, 4) is 0 Å². The molecule has 9 heteroatoms. The standard InChI is InChI=1S/C19H19N5O4/c1-23-19(20-13-21-23)12-28-11-15-3-2-4-16(9-15)22-17-6-5-14(7-8-25)10-18(17)24(26)27/h2-6,8-10,13,22H,7,11-12H2,1H3. The van der Waals surface area contributed by atoms with Crippen LogP contribution in [0.4, 0.5) is 17.1 Å². The van der Waals surface area contributed by atoms with Crippen molar-refractivity contribution in [1.29, 1.82) is 0 Å². The molecule has 0 radical (unpaired) electrons. The number of hydrogen-bond acceptors (Lipinski definition) is 7. The minimum Gasteiger partial charge on any atom is -0.369 e. The van der Waals surface area contributed by atoms with Gasteiger partial charge >= 0.3 is 0 Å². The molecule has 0 fully saturated rings. The molecule has 2 aromatic carbocycles. The molecule has 144 valence electrons. The van der Waals surface area contributed by atoms with Crippen molar-refractivity contribution in [2.24, 2.45) is 7.05 Å². The fraction of sp³-hybridized carbons (Fsp3) is 0.211. The molecule has 0 unspecified atom stereocenters. The van der Waals surface area contributed by atoms with Crippen molar-refractivity contribution in [1.82, 2.24) is 14.8 Å². The number of aldehydes is 1. The number of nitro benzene ring substituents is 1. The summed E-state index contributed by atoms with van der Waals surface area (Å²) >= 11 is 0. The number of aromatic nitrogens is 3. The third-order valence-electron chi connectivity index (χ3n) is 4.09. The van der Waals surface area contributed by atoms with Gasteiger partial charge in [-0.25, -0.2) is 4.98 Å². The van der Waals surface area contributed by atoms with Gasteiger partial charge < -0.3 is 14.8 Å². The number of benzene rings is 2. The Morgan fingerprint density at radius 2 is 2.07 bits per heavy atom. The normalized spacial score (nSPS) is 10.6. The molecule has 0 spiro atoms. The van der Waals surface area contributed by atoms with Gasteiger partial charge in [0.25, 0.3) is 5.69 Å². The van der Waals surface area contributed by atoms with Gasteiger partial charge in [0.1, 0.15) is 24.9 Å². The second-order valence-electron chi connectivity index (χ2n) is 6.10. The van der Waals surface area contributed by atoms with Gasteiger partial charge in [0, 0.05) is 25.2 Å². The van der Waals surface area contributed by atoms with Crippen LogP contribution in [0.2, 0.25) is 0 Å². The quantitative estimate of drug-likeness (QED) is 0.344. The summed E-state index contributed by atoms with van der Waals surface area (Å²) in [5.74, 6) is 0.723. The lowest BCUT2D eigenvalue weighted by atomic mass is 10.1. The molecule has 3 rings (SSSR count). The fourth-order valence-corrected chi connectivity index (χ4v) is 2.66. The minimum absolute atomic E-state index is 0.0803. The first-order valence-corrected chi connectivity index (χ1v) is 8.54. The Morgan fingerprint density at radius 3 is 2.79 bits per heavy atom. The van der Waals surface area contributed by atoms with E-state index in [9.17, 15) is 14.9 Å². The Labute approximate surface area is 161 Å². The van der Waals surface area contributed by atoms with Crippen LogP contribution in [0.1, 0.15) is 17.0 Å². The Bertz CT molecular complexity index is 986. The van der Waals surface area contributed by atoms with Gasteiger partial charge in [-0.15, -0.1) is 0 Å². The van der Waals surface area contributed by atoms with Gasteiger partial charge in [0.05, 0.1) is 11.5 Å². The molecule has 3 aromatic rings. The van der Waals surface area contributed by atoms with E-state index in [-0.39, 0.29) is 12.1 Å². The van der Waals surface area contributed by atoms with Crippen LogP contribution in [0.5, 0.6) is 0 Å². The minimum atomic E-state index is -0.468. The van der Waals surface area contributed by atoms with Crippen LogP contribution in [-0.2, 0) is 36.2 Å². The van der Waals surface area contributed by atoms with Crippen molar-refractivity contribution in [3.63, 3.8) is 0 Å². The Hall–Kier alpha value is -3.59. The summed E-state index contributed by atoms with van der Waals surface area (Å²) in [6, 6.07) is 12.1. The maximum absolute atomic E-state index is 11.4. The first kappa shape index (κ1) is 19.2. The van der Waals surface area contributed by atoms with Crippen LogP contribution < -0.4 is 5.32 Å². The van der Waals surface area contributed by atoms with E-state index in [1.165, 1.54) is 12.4 Å². The number of rotatable bonds is 9. The number of carbonyl (C=O) groups is 1. The first-order chi connectivity index (χ1) is 13.6. The van der Waals surface area contributed by atoms with Crippen molar-refractivity contribution in [3.05, 3.63) is 75.9 Å². The summed E-state index contributed by atoms with van der Waals surface area (Å²) in [7, 11) is 1.80. The molecule has 1 heterocycles. The molecular formula is C19H19N5O4. The largest absolute Gasteiger partial charge is 0.369 e. The van der Waals surface area contributed by atoms with E-state index in [1.54, 1.807) is 23.9 Å². The molecule has 0 aliphatic carbocycles. The van der Waals surface area contributed by atoms with E-state index in [2.05, 4.69) is 15.4 Å². The topological polar surface area (TPSA) is 112 Å². The molecule has 0 amide bonds. The second-order valence-corrected chi connectivity index (χ2v) is 6.10. The van der Waals surface area contributed by atoms with E-state index in [0.29, 0.717) is 30.2 Å². The predicted octanol–water partition coefficient (Wildman–Crippen LogP) is 2.93. The van der Waals surface area contributed by atoms with Crippen LogP contribution in [-0.4, -0.2) is 26.0 Å². The molecule has 1 aromatic heterocycles. The van der Waals surface area contributed by atoms with E-state index >= 15 is 0 Å². The Kier molecular flexibility index (Phi) is 6.07. The highest BCUT2D eigenvalue weighted by Gasteiger charge is 2.15. The number of ether oxygens (including phenoxy) is 1. The maximum Gasteiger partial charge on any atom is 0.292 e. The average molecular weight is 381 g/mol. The SMILES string of the molecule is Cn1ncnc1COCc1cccc(Nc2ccc(CC=O)cc2[N+](=O)[O-])c1. The zero-order valence-corrected chi connectivity index (χ0v) is 15.2. The molecule has 0 saturated carbocycles. The number of carbonyl (C=O) groups excluding carboxylic acids is 1. The van der Waals surface area contributed by atoms with Crippen molar-refractivity contribution in [2.75, 3.05) is 5.32 Å². The second kappa shape index (κ2) is 8.87. The number of nitrogens with zero attached hydrogens (tertiary/aromatic N) is 4. The summed E-state index contributed by atoms with van der Waals surface area (Å²) in [4.78, 5) is 25.6. The molecule has 0 saturated heterocycles. The fourth-order valence-electron chi connectivity index (χ4n) is 2.66. The third kappa shape index (κ3) is 4.77. The lowest BCUT2D eigenvalue weighted by molar-refractivity contribution is -0.384. The van der Waals surface area contributed by atoms with Crippen LogP contribution in [0.15, 0.2) is 48.8 Å². The molecular weight excluding hydrogens is 362 g/mol. The van der Waals surface area contributed by atoms with Gasteiger partial charge in [-0.05, 0) is 29.3 Å². The summed E-state index contributed by atoms with van der Waals surface area (Å²) < 4.78 is 7.31. The summed E-state index contributed by atoms with van der Waals surface area (Å²) in [5, 5.41) is 18.4. The zero-order valence-electron chi connectivity index (χ0n) is 15.2. The van der Waals surface area contributed by atoms with Gasteiger partial charge in [-0.3, -0.25) is 14.8 Å². The van der Waals surface area contributed by atoms with E-state index in [1.807, 2.05) is 24.3 Å². The summed E-state index contributed by atoms with van der Waals surface area (Å²) in [6.45, 7) is 0.695. The monoisotopic (exact) mass is 381 g/mol. The highest BCUT2D eigenvalue weighted by atomic mass is 16.6. The van der Waals surface area contributed by atoms with Gasteiger partial charge in [0.2, 0.25) is 0 Å². The smallest absolute Gasteiger partial charge is 0.292 e. The van der Waals surface area contributed by atoms with Crippen LogP contribution >= 0.6 is 0 Å². The van der Waals surface area contributed by atoms with Gasteiger partial charge in [-0.2, -0.15) is 5.10 Å². The first-order valence-electron chi connectivity index (χ1n) is 8.54. The van der Waals surface area contributed by atoms with E-state index in [4.69, 9.17) is 4.74 Å². The molecule has 9 nitrogen and oxygen atoms in total. The van der Waals surface area contributed by atoms with Crippen LogP contribution in [0.25, 0.3) is 0 Å². The number of nitro groups is 1. The summed E-state index contributed by atoms with van der Waals surface area (Å²) in [5.41, 5.74) is 2.48. The Balaban J connectivity index is 1.69. The predicted molar refractivity (Wildman–Crippen MR) is 102 cm³/mol. The lowest BCUT2D eigenvalue weighted by Gasteiger charge is -2.10. The van der Waals surface area contributed by atoms with Crippen molar-refractivity contribution >= 4 is 23.3 Å². The Morgan fingerprint density at radius 1 is 1.21 bits per heavy atom. The highest BCUT2D eigenvalue weighted by molar-refractivity contribution is 5.71. The molecule has 1 N–H and O–H groups in total. The van der Waals surface area contributed by atoms with E-state index < -0.39 is 4.92 Å². The maximum atomic E-state index is 11.4. The number of hydrogen-bond donors (Lipinski definition) is 1. The molecule has 28 heavy (non-hydrogen) atoms. The highest BCUT2D eigenvalue weighted by Crippen LogP contribution is 2.29. The molecule has 0 atom stereocenters. The number of nitrogens with one attached hydrogen (secondary N) is 1. The van der Waals surface area contributed by atoms with Crippen molar-refractivity contribution < 1.29 is 14.5 Å². The lowest BCUT2D eigenvalue weighted by Crippen LogP contribution is -2.03. The zero-order chi connectivity index (χ0) is 19.9. The number of anilines is 2. The summed E-state index contributed by atoms with van der Waals surface area (Å²) in [6.07, 6.45) is 2.33. The van der Waals surface area contributed by atoms with Gasteiger partial charge in [-0.1, -0.05) is 18.2 Å². The van der Waals surface area contributed by atoms with E-state index in [0.717, 1.165) is 17.7 Å². The number of aryl methyl sites for hydroxylation is 1. The molecule has 0 bridgehead atoms. The molecule has 0 aliphatic rings.